The fourth-order valence-electron chi connectivity index (χ4n) is 2.01. The summed E-state index contributed by atoms with van der Waals surface area (Å²) >= 11 is 0. The van der Waals surface area contributed by atoms with Crippen LogP contribution in [0.3, 0.4) is 0 Å². The first-order chi connectivity index (χ1) is 13.5. The summed E-state index contributed by atoms with van der Waals surface area (Å²) < 4.78 is 50.3. The molecule has 0 aliphatic heterocycles. The maximum Gasteiger partial charge on any atom is 0.243 e. The second kappa shape index (κ2) is 13.8. The lowest BCUT2D eigenvalue weighted by molar-refractivity contribution is -0.115. The van der Waals surface area contributed by atoms with Crippen LogP contribution < -0.4 is 16.0 Å². The summed E-state index contributed by atoms with van der Waals surface area (Å²) in [5.74, 6) is -4.73. The molecular formula is C18H27F3N4O3. The molecule has 158 valence electrons. The third-order valence-electron chi connectivity index (χ3n) is 3.50. The summed E-state index contributed by atoms with van der Waals surface area (Å²) in [4.78, 5) is 15.8. The van der Waals surface area contributed by atoms with Crippen LogP contribution in [0.25, 0.3) is 0 Å². The van der Waals surface area contributed by atoms with Gasteiger partial charge in [0.15, 0.2) is 23.4 Å². The molecule has 7 nitrogen and oxygen atoms in total. The van der Waals surface area contributed by atoms with Gasteiger partial charge in [0.25, 0.3) is 0 Å². The number of carbonyl (C=O) groups excluding carboxylic acids is 1. The van der Waals surface area contributed by atoms with Crippen molar-refractivity contribution in [3.8, 4) is 0 Å². The molecule has 0 aliphatic rings. The minimum absolute atomic E-state index is 0.246. The van der Waals surface area contributed by atoms with Crippen molar-refractivity contribution in [3.63, 3.8) is 0 Å². The van der Waals surface area contributed by atoms with Crippen molar-refractivity contribution in [2.75, 3.05) is 51.9 Å². The molecule has 10 heteroatoms. The van der Waals surface area contributed by atoms with Crippen molar-refractivity contribution in [1.82, 2.24) is 10.6 Å². The predicted molar refractivity (Wildman–Crippen MR) is 101 cm³/mol. The second-order valence-electron chi connectivity index (χ2n) is 5.70. The Morgan fingerprint density at radius 3 is 2.43 bits per heavy atom. The first-order valence-corrected chi connectivity index (χ1v) is 9.03. The summed E-state index contributed by atoms with van der Waals surface area (Å²) in [6, 6.07) is 1.68. The van der Waals surface area contributed by atoms with Gasteiger partial charge in [-0.3, -0.25) is 9.79 Å². The first-order valence-electron chi connectivity index (χ1n) is 9.03. The number of hydrogen-bond acceptors (Lipinski definition) is 4. The van der Waals surface area contributed by atoms with Gasteiger partial charge in [0, 0.05) is 20.2 Å². The Morgan fingerprint density at radius 1 is 1.04 bits per heavy atom. The van der Waals surface area contributed by atoms with Crippen LogP contribution in [0, 0.1) is 17.5 Å². The van der Waals surface area contributed by atoms with Crippen LogP contribution >= 0.6 is 0 Å². The first kappa shape index (κ1) is 23.7. The molecule has 1 aromatic rings. The Bertz CT molecular complexity index is 645. The summed E-state index contributed by atoms with van der Waals surface area (Å²) in [7, 11) is 1.52. The summed E-state index contributed by atoms with van der Waals surface area (Å²) in [5.41, 5.74) is -0.441. The molecule has 3 N–H and O–H groups in total. The van der Waals surface area contributed by atoms with E-state index < -0.39 is 29.0 Å². The van der Waals surface area contributed by atoms with Crippen LogP contribution in [0.15, 0.2) is 17.1 Å². The molecule has 0 spiro atoms. The zero-order valence-electron chi connectivity index (χ0n) is 16.1. The van der Waals surface area contributed by atoms with E-state index in [4.69, 9.17) is 9.47 Å². The van der Waals surface area contributed by atoms with Crippen LogP contribution in [0.1, 0.15) is 19.8 Å². The zero-order chi connectivity index (χ0) is 20.8. The van der Waals surface area contributed by atoms with Crippen LogP contribution in [-0.4, -0.2) is 58.4 Å². The Hall–Kier alpha value is -2.33. The van der Waals surface area contributed by atoms with Crippen molar-refractivity contribution in [1.29, 1.82) is 0 Å². The molecule has 0 fully saturated rings. The number of hydrogen-bond donors (Lipinski definition) is 3. The van der Waals surface area contributed by atoms with Crippen LogP contribution in [0.2, 0.25) is 0 Å². The fourth-order valence-corrected chi connectivity index (χ4v) is 2.01. The van der Waals surface area contributed by atoms with Gasteiger partial charge in [-0.25, -0.2) is 13.2 Å². The number of unbranched alkanes of at least 4 members (excludes halogenated alkanes) is 1. The molecule has 1 amide bonds. The molecule has 0 bridgehead atoms. The average molecular weight is 404 g/mol. The van der Waals surface area contributed by atoms with E-state index in [2.05, 4.69) is 27.9 Å². The topological polar surface area (TPSA) is 84.0 Å². The summed E-state index contributed by atoms with van der Waals surface area (Å²) in [6.45, 7) is 4.47. The molecule has 28 heavy (non-hydrogen) atoms. The number of nitrogens with zero attached hydrogens (tertiary/aromatic N) is 1. The lowest BCUT2D eigenvalue weighted by atomic mass is 10.2. The van der Waals surface area contributed by atoms with E-state index in [-0.39, 0.29) is 6.54 Å². The van der Waals surface area contributed by atoms with E-state index >= 15 is 0 Å². The lowest BCUT2D eigenvalue weighted by Crippen LogP contribution is -2.42. The average Bonchev–Trinajstić information content (AvgIpc) is 2.69. The smallest absolute Gasteiger partial charge is 0.243 e. The van der Waals surface area contributed by atoms with E-state index in [1.165, 1.54) is 7.05 Å². The van der Waals surface area contributed by atoms with Crippen molar-refractivity contribution < 1.29 is 27.4 Å². The van der Waals surface area contributed by atoms with Crippen LogP contribution in [0.5, 0.6) is 0 Å². The van der Waals surface area contributed by atoms with Crippen molar-refractivity contribution in [2.24, 2.45) is 4.99 Å². The normalized spacial score (nSPS) is 11.4. The third kappa shape index (κ3) is 9.05. The quantitative estimate of drug-likeness (QED) is 0.215. The fraction of sp³-hybridized carbons (Fsp3) is 0.556. The van der Waals surface area contributed by atoms with Gasteiger partial charge >= 0.3 is 0 Å². The molecule has 0 radical (unpaired) electrons. The van der Waals surface area contributed by atoms with Gasteiger partial charge in [0.1, 0.15) is 0 Å². The van der Waals surface area contributed by atoms with E-state index in [9.17, 15) is 18.0 Å². The van der Waals surface area contributed by atoms with Crippen molar-refractivity contribution >= 4 is 17.6 Å². The number of halogens is 3. The molecular weight excluding hydrogens is 377 g/mol. The number of benzene rings is 1. The van der Waals surface area contributed by atoms with Gasteiger partial charge in [-0.15, -0.1) is 0 Å². The van der Waals surface area contributed by atoms with Gasteiger partial charge in [0.2, 0.25) is 5.91 Å². The Morgan fingerprint density at radius 2 is 1.75 bits per heavy atom. The molecule has 1 aromatic carbocycles. The third-order valence-corrected chi connectivity index (χ3v) is 3.50. The summed E-state index contributed by atoms with van der Waals surface area (Å²) in [5, 5.41) is 7.81. The monoisotopic (exact) mass is 404 g/mol. The van der Waals surface area contributed by atoms with E-state index in [0.717, 1.165) is 31.6 Å². The molecule has 0 aromatic heterocycles. The lowest BCUT2D eigenvalue weighted by Gasteiger charge is -2.12. The highest BCUT2D eigenvalue weighted by atomic mass is 19.2. The van der Waals surface area contributed by atoms with Crippen molar-refractivity contribution in [2.45, 2.75) is 19.8 Å². The molecule has 1 rings (SSSR count). The second-order valence-corrected chi connectivity index (χ2v) is 5.70. The standard InChI is InChI=1S/C18H27F3N4O3/c1-3-4-8-27-10-11-28-9-7-23-18(22-2)24-12-15(26)25-14-6-5-13(19)16(20)17(14)21/h5-6H,3-4,7-12H2,1-2H3,(H,25,26)(H2,22,23,24). The maximum atomic E-state index is 13.5. The molecule has 0 heterocycles. The van der Waals surface area contributed by atoms with E-state index in [1.54, 1.807) is 0 Å². The molecule has 0 unspecified atom stereocenters. The number of amides is 1. The largest absolute Gasteiger partial charge is 0.379 e. The zero-order valence-corrected chi connectivity index (χ0v) is 16.1. The number of aliphatic imine (C=N–C) groups is 1. The maximum absolute atomic E-state index is 13.5. The van der Waals surface area contributed by atoms with Crippen LogP contribution in [-0.2, 0) is 14.3 Å². The van der Waals surface area contributed by atoms with Gasteiger partial charge in [-0.05, 0) is 18.6 Å². The van der Waals surface area contributed by atoms with Gasteiger partial charge in [0.05, 0.1) is 32.1 Å². The number of ether oxygens (including phenoxy) is 2. The Kier molecular flexibility index (Phi) is 11.7. The minimum Gasteiger partial charge on any atom is -0.379 e. The van der Waals surface area contributed by atoms with Gasteiger partial charge in [-0.2, -0.15) is 0 Å². The van der Waals surface area contributed by atoms with Gasteiger partial charge in [-0.1, -0.05) is 13.3 Å². The number of rotatable bonds is 12. The number of anilines is 1. The SMILES string of the molecule is CCCCOCCOCCNC(=NC)NCC(=O)Nc1ccc(F)c(F)c1F. The highest BCUT2D eigenvalue weighted by molar-refractivity contribution is 5.95. The van der Waals surface area contributed by atoms with Crippen LogP contribution in [0.4, 0.5) is 18.9 Å². The minimum atomic E-state index is -1.64. The predicted octanol–water partition coefficient (Wildman–Crippen LogP) is 2.04. The molecule has 0 saturated heterocycles. The highest BCUT2D eigenvalue weighted by Crippen LogP contribution is 2.19. The van der Waals surface area contributed by atoms with E-state index in [1.807, 2.05) is 0 Å². The molecule has 0 aliphatic carbocycles. The van der Waals surface area contributed by atoms with Gasteiger partial charge < -0.3 is 25.4 Å². The highest BCUT2D eigenvalue weighted by Gasteiger charge is 2.15. The Balaban J connectivity index is 2.22. The number of nitrogens with one attached hydrogen (secondary N) is 3. The van der Waals surface area contributed by atoms with Crippen molar-refractivity contribution in [3.05, 3.63) is 29.6 Å². The molecule has 0 saturated carbocycles. The molecule has 0 atom stereocenters. The number of guanidine groups is 1. The summed E-state index contributed by atoms with van der Waals surface area (Å²) in [6.07, 6.45) is 2.12. The van der Waals surface area contributed by atoms with E-state index in [0.29, 0.717) is 32.3 Å². The number of carbonyl (C=O) groups is 1. The Labute approximate surface area is 162 Å².